The highest BCUT2D eigenvalue weighted by Gasteiger charge is 2.16. The first-order valence-corrected chi connectivity index (χ1v) is 8.61. The van der Waals surface area contributed by atoms with Gasteiger partial charge >= 0.3 is 0 Å². The summed E-state index contributed by atoms with van der Waals surface area (Å²) in [5.41, 5.74) is 0.842. The zero-order chi connectivity index (χ0) is 17.6. The molecule has 2 aromatic carbocycles. The first kappa shape index (κ1) is 17.7. The van der Waals surface area contributed by atoms with Crippen molar-refractivity contribution in [2.45, 2.75) is 13.0 Å². The number of carbonyl (C=O) groups is 1. The van der Waals surface area contributed by atoms with E-state index in [0.717, 1.165) is 5.56 Å². The van der Waals surface area contributed by atoms with Gasteiger partial charge in [0, 0.05) is 6.54 Å². The molecule has 1 aliphatic heterocycles. The summed E-state index contributed by atoms with van der Waals surface area (Å²) in [5, 5.41) is 3.82. The van der Waals surface area contributed by atoms with Crippen LogP contribution in [0.25, 0.3) is 0 Å². The number of para-hydroxylation sites is 1. The maximum atomic E-state index is 12.0. The second kappa shape index (κ2) is 8.32. The predicted octanol–water partition coefficient (Wildman–Crippen LogP) is 3.85. The third-order valence-corrected chi connectivity index (χ3v) is 4.16. The van der Waals surface area contributed by atoms with E-state index in [2.05, 4.69) is 5.32 Å². The van der Waals surface area contributed by atoms with E-state index in [-0.39, 0.29) is 18.9 Å². The van der Waals surface area contributed by atoms with Gasteiger partial charge in [0.15, 0.2) is 11.5 Å². The van der Waals surface area contributed by atoms with Crippen molar-refractivity contribution in [3.63, 3.8) is 0 Å². The lowest BCUT2D eigenvalue weighted by atomic mass is 10.2. The van der Waals surface area contributed by atoms with Crippen LogP contribution in [0.1, 0.15) is 12.0 Å². The predicted molar refractivity (Wildman–Crippen MR) is 95.9 cm³/mol. The van der Waals surface area contributed by atoms with Gasteiger partial charge in [-0.15, -0.1) is 0 Å². The van der Waals surface area contributed by atoms with Crippen LogP contribution in [0.4, 0.5) is 0 Å². The smallest absolute Gasteiger partial charge is 0.223 e. The van der Waals surface area contributed by atoms with Crippen molar-refractivity contribution < 1.29 is 19.0 Å². The first-order valence-electron chi connectivity index (χ1n) is 7.85. The van der Waals surface area contributed by atoms with Crippen molar-refractivity contribution in [2.24, 2.45) is 0 Å². The molecule has 0 saturated carbocycles. The third kappa shape index (κ3) is 4.71. The van der Waals surface area contributed by atoms with Crippen molar-refractivity contribution in [3.05, 3.63) is 52.0 Å². The van der Waals surface area contributed by atoms with Crippen LogP contribution >= 0.6 is 23.2 Å². The summed E-state index contributed by atoms with van der Waals surface area (Å²) in [5.74, 6) is 1.59. The van der Waals surface area contributed by atoms with Gasteiger partial charge in [-0.25, -0.2) is 0 Å². The fraction of sp³-hybridized carbons (Fsp3) is 0.278. The maximum absolute atomic E-state index is 12.0. The summed E-state index contributed by atoms with van der Waals surface area (Å²) < 4.78 is 16.5. The Labute approximate surface area is 155 Å². The molecule has 5 nitrogen and oxygen atoms in total. The van der Waals surface area contributed by atoms with Gasteiger partial charge in [-0.3, -0.25) is 4.79 Å². The molecule has 3 rings (SSSR count). The van der Waals surface area contributed by atoms with Crippen LogP contribution < -0.4 is 19.5 Å². The molecule has 0 saturated heterocycles. The van der Waals surface area contributed by atoms with Crippen LogP contribution in [0.15, 0.2) is 36.4 Å². The standard InChI is InChI=1S/C18H17Cl2NO4/c19-13-3-1-2-4-15(13)23-6-5-17(22)21-11-12-9-14(20)18-16(10-12)24-7-8-25-18/h1-4,9-10H,5-8,11H2,(H,21,22). The van der Waals surface area contributed by atoms with Gasteiger partial charge in [-0.2, -0.15) is 0 Å². The number of ether oxygens (including phenoxy) is 3. The summed E-state index contributed by atoms with van der Waals surface area (Å²) in [6, 6.07) is 10.7. The highest BCUT2D eigenvalue weighted by molar-refractivity contribution is 6.32. The van der Waals surface area contributed by atoms with Crippen LogP contribution in [-0.2, 0) is 11.3 Å². The number of benzene rings is 2. The van der Waals surface area contributed by atoms with E-state index < -0.39 is 0 Å². The van der Waals surface area contributed by atoms with Gasteiger partial charge in [-0.05, 0) is 29.8 Å². The molecule has 0 atom stereocenters. The van der Waals surface area contributed by atoms with Gasteiger partial charge in [0.25, 0.3) is 0 Å². The number of hydrogen-bond acceptors (Lipinski definition) is 4. The van der Waals surface area contributed by atoms with E-state index in [1.54, 1.807) is 18.2 Å². The molecule has 0 unspecified atom stereocenters. The van der Waals surface area contributed by atoms with Crippen molar-refractivity contribution >= 4 is 29.1 Å². The van der Waals surface area contributed by atoms with E-state index in [0.29, 0.717) is 47.1 Å². The molecule has 1 N–H and O–H groups in total. The molecule has 7 heteroatoms. The number of rotatable bonds is 6. The lowest BCUT2D eigenvalue weighted by molar-refractivity contribution is -0.121. The Bertz CT molecular complexity index is 767. The number of fused-ring (bicyclic) bond motifs is 1. The van der Waals surface area contributed by atoms with Crippen molar-refractivity contribution in [3.8, 4) is 17.2 Å². The molecular weight excluding hydrogens is 365 g/mol. The minimum absolute atomic E-state index is 0.127. The minimum Gasteiger partial charge on any atom is -0.491 e. The number of halogens is 2. The summed E-state index contributed by atoms with van der Waals surface area (Å²) in [4.78, 5) is 12.0. The molecule has 2 aromatic rings. The van der Waals surface area contributed by atoms with Gasteiger partial charge in [0.1, 0.15) is 19.0 Å². The van der Waals surface area contributed by atoms with E-state index in [4.69, 9.17) is 37.4 Å². The summed E-state index contributed by atoms with van der Waals surface area (Å²) in [6.45, 7) is 1.56. The molecule has 0 fully saturated rings. The molecule has 1 amide bonds. The SMILES string of the molecule is O=C(CCOc1ccccc1Cl)NCc1cc(Cl)c2c(c1)OCCO2. The van der Waals surface area contributed by atoms with Crippen molar-refractivity contribution in [2.75, 3.05) is 19.8 Å². The molecule has 1 heterocycles. The highest BCUT2D eigenvalue weighted by Crippen LogP contribution is 2.38. The molecule has 0 spiro atoms. The number of amides is 1. The van der Waals surface area contributed by atoms with E-state index >= 15 is 0 Å². The van der Waals surface area contributed by atoms with Crippen LogP contribution in [-0.4, -0.2) is 25.7 Å². The Balaban J connectivity index is 1.48. The summed E-state index contributed by atoms with van der Waals surface area (Å²) in [6.07, 6.45) is 0.226. The Morgan fingerprint density at radius 1 is 1.12 bits per heavy atom. The quantitative estimate of drug-likeness (QED) is 0.825. The molecular formula is C18H17Cl2NO4. The fourth-order valence-electron chi connectivity index (χ4n) is 2.37. The monoisotopic (exact) mass is 381 g/mol. The molecule has 0 aliphatic carbocycles. The summed E-state index contributed by atoms with van der Waals surface area (Å²) >= 11 is 12.2. The lowest BCUT2D eigenvalue weighted by Crippen LogP contribution is -2.24. The van der Waals surface area contributed by atoms with Crippen molar-refractivity contribution in [1.82, 2.24) is 5.32 Å². The van der Waals surface area contributed by atoms with Crippen LogP contribution in [0.5, 0.6) is 17.2 Å². The van der Waals surface area contributed by atoms with Gasteiger partial charge in [-0.1, -0.05) is 35.3 Å². The Morgan fingerprint density at radius 2 is 1.92 bits per heavy atom. The second-order valence-corrected chi connectivity index (χ2v) is 6.22. The summed E-state index contributed by atoms with van der Waals surface area (Å²) in [7, 11) is 0. The largest absolute Gasteiger partial charge is 0.491 e. The zero-order valence-corrected chi connectivity index (χ0v) is 14.9. The maximum Gasteiger partial charge on any atom is 0.223 e. The van der Waals surface area contributed by atoms with E-state index in [1.165, 1.54) is 0 Å². The third-order valence-electron chi connectivity index (χ3n) is 3.57. The molecule has 25 heavy (non-hydrogen) atoms. The Hall–Kier alpha value is -2.11. The minimum atomic E-state index is -0.127. The van der Waals surface area contributed by atoms with Crippen LogP contribution in [0.2, 0.25) is 10.0 Å². The Morgan fingerprint density at radius 3 is 2.76 bits per heavy atom. The average Bonchev–Trinajstić information content (AvgIpc) is 2.62. The second-order valence-electron chi connectivity index (χ2n) is 5.41. The fourth-order valence-corrected chi connectivity index (χ4v) is 2.85. The highest BCUT2D eigenvalue weighted by atomic mass is 35.5. The lowest BCUT2D eigenvalue weighted by Gasteiger charge is -2.20. The van der Waals surface area contributed by atoms with E-state index in [1.807, 2.05) is 18.2 Å². The van der Waals surface area contributed by atoms with Gasteiger partial charge in [0.2, 0.25) is 5.91 Å². The topological polar surface area (TPSA) is 56.8 Å². The number of hydrogen-bond donors (Lipinski definition) is 1. The zero-order valence-electron chi connectivity index (χ0n) is 13.4. The average molecular weight is 382 g/mol. The Kier molecular flexibility index (Phi) is 5.89. The molecule has 0 bridgehead atoms. The molecule has 1 aliphatic rings. The van der Waals surface area contributed by atoms with Crippen LogP contribution in [0.3, 0.4) is 0 Å². The van der Waals surface area contributed by atoms with Crippen molar-refractivity contribution in [1.29, 1.82) is 0 Å². The van der Waals surface area contributed by atoms with Gasteiger partial charge in [0.05, 0.1) is 23.1 Å². The van der Waals surface area contributed by atoms with Crippen LogP contribution in [0, 0.1) is 0 Å². The molecule has 132 valence electrons. The normalized spacial score (nSPS) is 12.6. The van der Waals surface area contributed by atoms with Gasteiger partial charge < -0.3 is 19.5 Å². The number of carbonyl (C=O) groups excluding carboxylic acids is 1. The first-order chi connectivity index (χ1) is 12.1. The number of nitrogens with one attached hydrogen (secondary N) is 1. The van der Waals surface area contributed by atoms with E-state index in [9.17, 15) is 4.79 Å². The molecule has 0 aromatic heterocycles. The molecule has 0 radical (unpaired) electrons.